The molecule has 1 aromatic rings. The van der Waals surface area contributed by atoms with Crippen molar-refractivity contribution in [3.63, 3.8) is 0 Å². The number of nitrogens with two attached hydrogens (primary N) is 1. The van der Waals surface area contributed by atoms with Gasteiger partial charge in [0.05, 0.1) is 11.8 Å². The minimum Gasteiger partial charge on any atom is -0.398 e. The molecular formula is C15H21BrN2O2. The second-order valence-corrected chi connectivity index (χ2v) is 6.21. The van der Waals surface area contributed by atoms with Gasteiger partial charge in [-0.1, -0.05) is 0 Å². The van der Waals surface area contributed by atoms with Gasteiger partial charge in [-0.25, -0.2) is 0 Å². The number of carbonyl (C=O) groups is 1. The Morgan fingerprint density at radius 3 is 2.85 bits per heavy atom. The highest BCUT2D eigenvalue weighted by Gasteiger charge is 2.31. The highest BCUT2D eigenvalue weighted by molar-refractivity contribution is 9.10. The van der Waals surface area contributed by atoms with E-state index < -0.39 is 0 Å². The molecule has 2 rings (SSSR count). The van der Waals surface area contributed by atoms with E-state index in [9.17, 15) is 4.79 Å². The Morgan fingerprint density at radius 1 is 1.50 bits per heavy atom. The quantitative estimate of drug-likeness (QED) is 0.806. The minimum atomic E-state index is 0.0360. The maximum absolute atomic E-state index is 12.0. The lowest BCUT2D eigenvalue weighted by molar-refractivity contribution is -0.119. The van der Waals surface area contributed by atoms with E-state index in [1.54, 1.807) is 6.07 Å². The number of nitrogens with one attached hydrogen (secondary N) is 1. The number of hydrogen-bond acceptors (Lipinski definition) is 3. The first-order valence-corrected chi connectivity index (χ1v) is 7.76. The van der Waals surface area contributed by atoms with Crippen molar-refractivity contribution in [1.82, 2.24) is 0 Å². The van der Waals surface area contributed by atoms with Crippen molar-refractivity contribution >= 4 is 33.2 Å². The Labute approximate surface area is 128 Å². The third-order valence-corrected chi connectivity index (χ3v) is 4.35. The van der Waals surface area contributed by atoms with E-state index in [2.05, 4.69) is 21.2 Å². The van der Waals surface area contributed by atoms with Crippen LogP contribution in [0.1, 0.15) is 31.7 Å². The Bertz CT molecular complexity index is 499. The molecule has 0 bridgehead atoms. The largest absolute Gasteiger partial charge is 0.398 e. The van der Waals surface area contributed by atoms with E-state index in [4.69, 9.17) is 10.5 Å². The molecule has 20 heavy (non-hydrogen) atoms. The van der Waals surface area contributed by atoms with Crippen molar-refractivity contribution in [2.24, 2.45) is 5.92 Å². The van der Waals surface area contributed by atoms with Gasteiger partial charge in [0.2, 0.25) is 5.91 Å². The lowest BCUT2D eigenvalue weighted by atomic mass is 9.80. The summed E-state index contributed by atoms with van der Waals surface area (Å²) >= 11 is 3.45. The topological polar surface area (TPSA) is 64.3 Å². The number of hydrogen-bond donors (Lipinski definition) is 2. The fourth-order valence-electron chi connectivity index (χ4n) is 2.46. The lowest BCUT2D eigenvalue weighted by Crippen LogP contribution is -2.33. The summed E-state index contributed by atoms with van der Waals surface area (Å²) in [5, 5.41) is 2.92. The first kappa shape index (κ1) is 15.3. The molecule has 1 aliphatic rings. The van der Waals surface area contributed by atoms with Crippen molar-refractivity contribution in [3.05, 3.63) is 22.2 Å². The van der Waals surface area contributed by atoms with Crippen molar-refractivity contribution in [2.45, 2.75) is 39.2 Å². The fourth-order valence-corrected chi connectivity index (χ4v) is 3.02. The molecule has 0 heterocycles. The van der Waals surface area contributed by atoms with Crippen molar-refractivity contribution < 1.29 is 9.53 Å². The average molecular weight is 341 g/mol. The van der Waals surface area contributed by atoms with Gasteiger partial charge in [0, 0.05) is 23.2 Å². The second kappa shape index (κ2) is 6.59. The van der Waals surface area contributed by atoms with E-state index in [-0.39, 0.29) is 5.91 Å². The van der Waals surface area contributed by atoms with E-state index in [1.807, 2.05) is 19.9 Å². The van der Waals surface area contributed by atoms with Crippen LogP contribution in [-0.4, -0.2) is 18.6 Å². The van der Waals surface area contributed by atoms with Crippen LogP contribution in [0.15, 0.2) is 16.6 Å². The SMILES string of the molecule is CCOC1CC(CC(=O)Nc2cc(N)c(C)cc2Br)C1. The molecule has 0 unspecified atom stereocenters. The van der Waals surface area contributed by atoms with Gasteiger partial charge >= 0.3 is 0 Å². The number of benzene rings is 1. The van der Waals surface area contributed by atoms with E-state index in [1.165, 1.54) is 0 Å². The number of nitrogen functional groups attached to an aromatic ring is 1. The summed E-state index contributed by atoms with van der Waals surface area (Å²) in [4.78, 5) is 12.0. The standard InChI is InChI=1S/C15H21BrN2O2/c1-3-20-11-5-10(6-11)7-15(19)18-14-8-13(17)9(2)4-12(14)16/h4,8,10-11H,3,5-7,17H2,1-2H3,(H,18,19). The van der Waals surface area contributed by atoms with Crippen LogP contribution >= 0.6 is 15.9 Å². The summed E-state index contributed by atoms with van der Waals surface area (Å²) in [6.07, 6.45) is 2.86. The molecule has 0 aliphatic heterocycles. The molecule has 0 saturated heterocycles. The van der Waals surface area contributed by atoms with Crippen molar-refractivity contribution in [3.8, 4) is 0 Å². The van der Waals surface area contributed by atoms with E-state index in [0.29, 0.717) is 24.1 Å². The minimum absolute atomic E-state index is 0.0360. The molecule has 1 fully saturated rings. The molecule has 4 nitrogen and oxygen atoms in total. The number of amides is 1. The predicted molar refractivity (Wildman–Crippen MR) is 84.7 cm³/mol. The lowest BCUT2D eigenvalue weighted by Gasteiger charge is -2.34. The Kier molecular flexibility index (Phi) is 5.05. The van der Waals surface area contributed by atoms with Gasteiger partial charge in [0.25, 0.3) is 0 Å². The average Bonchev–Trinajstić information content (AvgIpc) is 2.33. The van der Waals surface area contributed by atoms with Gasteiger partial charge in [-0.2, -0.15) is 0 Å². The molecule has 5 heteroatoms. The zero-order valence-corrected chi connectivity index (χ0v) is 13.5. The summed E-state index contributed by atoms with van der Waals surface area (Å²) in [6.45, 7) is 4.69. The maximum atomic E-state index is 12.0. The molecule has 1 saturated carbocycles. The van der Waals surface area contributed by atoms with Crippen LogP contribution in [-0.2, 0) is 9.53 Å². The monoisotopic (exact) mass is 340 g/mol. The number of rotatable bonds is 5. The van der Waals surface area contributed by atoms with Crippen LogP contribution in [0.3, 0.4) is 0 Å². The normalized spacial score (nSPS) is 21.4. The van der Waals surface area contributed by atoms with Gasteiger partial charge in [0.1, 0.15) is 0 Å². The zero-order valence-electron chi connectivity index (χ0n) is 11.9. The first-order valence-electron chi connectivity index (χ1n) is 6.96. The van der Waals surface area contributed by atoms with Crippen LogP contribution in [0, 0.1) is 12.8 Å². The van der Waals surface area contributed by atoms with Crippen LogP contribution in [0.5, 0.6) is 0 Å². The smallest absolute Gasteiger partial charge is 0.224 e. The van der Waals surface area contributed by atoms with Crippen molar-refractivity contribution in [2.75, 3.05) is 17.7 Å². The summed E-state index contributed by atoms with van der Waals surface area (Å²) in [6, 6.07) is 3.71. The van der Waals surface area contributed by atoms with Crippen LogP contribution < -0.4 is 11.1 Å². The van der Waals surface area contributed by atoms with Crippen LogP contribution in [0.25, 0.3) is 0 Å². The number of carbonyl (C=O) groups excluding carboxylic acids is 1. The molecular weight excluding hydrogens is 320 g/mol. The molecule has 0 radical (unpaired) electrons. The number of aryl methyl sites for hydroxylation is 1. The van der Waals surface area contributed by atoms with Gasteiger partial charge in [0.15, 0.2) is 0 Å². The predicted octanol–water partition coefficient (Wildman–Crippen LogP) is 3.48. The molecule has 1 aromatic carbocycles. The molecule has 0 aromatic heterocycles. The van der Waals surface area contributed by atoms with Gasteiger partial charge in [-0.05, 0) is 66.2 Å². The summed E-state index contributed by atoms with van der Waals surface area (Å²) < 4.78 is 6.36. The van der Waals surface area contributed by atoms with Gasteiger partial charge in [-0.15, -0.1) is 0 Å². The number of ether oxygens (including phenoxy) is 1. The number of anilines is 2. The molecule has 1 aliphatic carbocycles. The van der Waals surface area contributed by atoms with Crippen molar-refractivity contribution in [1.29, 1.82) is 0 Å². The summed E-state index contributed by atoms with van der Waals surface area (Å²) in [5.74, 6) is 0.474. The van der Waals surface area contributed by atoms with Gasteiger partial charge < -0.3 is 15.8 Å². The Morgan fingerprint density at radius 2 is 2.20 bits per heavy atom. The summed E-state index contributed by atoms with van der Waals surface area (Å²) in [7, 11) is 0. The van der Waals surface area contributed by atoms with Gasteiger partial charge in [-0.3, -0.25) is 4.79 Å². The Hall–Kier alpha value is -1.07. The molecule has 110 valence electrons. The number of halogens is 1. The highest BCUT2D eigenvalue weighted by Crippen LogP contribution is 2.33. The fraction of sp³-hybridized carbons (Fsp3) is 0.533. The highest BCUT2D eigenvalue weighted by atomic mass is 79.9. The second-order valence-electron chi connectivity index (χ2n) is 5.36. The maximum Gasteiger partial charge on any atom is 0.224 e. The third kappa shape index (κ3) is 3.73. The summed E-state index contributed by atoms with van der Waals surface area (Å²) in [5.41, 5.74) is 8.28. The Balaban J connectivity index is 1.85. The molecule has 0 atom stereocenters. The molecule has 3 N–H and O–H groups in total. The third-order valence-electron chi connectivity index (χ3n) is 3.70. The first-order chi connectivity index (χ1) is 9.49. The molecule has 1 amide bonds. The van der Waals surface area contributed by atoms with Crippen LogP contribution in [0.2, 0.25) is 0 Å². The van der Waals surface area contributed by atoms with E-state index >= 15 is 0 Å². The van der Waals surface area contributed by atoms with Crippen LogP contribution in [0.4, 0.5) is 11.4 Å². The van der Waals surface area contributed by atoms with E-state index in [0.717, 1.165) is 35.2 Å². The zero-order chi connectivity index (χ0) is 14.7. The molecule has 0 spiro atoms.